The van der Waals surface area contributed by atoms with E-state index in [0.717, 1.165) is 23.2 Å². The number of sulfonamides is 1. The first-order valence-electron chi connectivity index (χ1n) is 7.76. The Kier molecular flexibility index (Phi) is 4.93. The number of thioether (sulfide) groups is 2. The van der Waals surface area contributed by atoms with E-state index in [1.54, 1.807) is 23.1 Å². The molecule has 2 aromatic rings. The molecule has 1 aromatic carbocycles. The molecule has 2 aliphatic rings. The van der Waals surface area contributed by atoms with Crippen LogP contribution in [-0.2, 0) is 14.8 Å². The SMILES string of the molecule is O=C(C1CSCN1S(=O)(=O)c1cccc2nsnc12)N1CCSCC1. The number of aromatic nitrogens is 2. The fraction of sp³-hybridized carbons (Fsp3) is 0.500. The summed E-state index contributed by atoms with van der Waals surface area (Å²) in [4.78, 5) is 14.8. The van der Waals surface area contributed by atoms with Crippen molar-refractivity contribution < 1.29 is 13.2 Å². The van der Waals surface area contributed by atoms with Crippen molar-refractivity contribution in [1.82, 2.24) is 18.0 Å². The lowest BCUT2D eigenvalue weighted by Gasteiger charge is -2.31. The highest BCUT2D eigenvalue weighted by molar-refractivity contribution is 8.00. The second-order valence-electron chi connectivity index (χ2n) is 5.73. The first-order chi connectivity index (χ1) is 12.1. The summed E-state index contributed by atoms with van der Waals surface area (Å²) in [6.45, 7) is 1.37. The Morgan fingerprint density at radius 3 is 2.76 bits per heavy atom. The van der Waals surface area contributed by atoms with Crippen LogP contribution in [0.25, 0.3) is 11.0 Å². The molecule has 1 aromatic heterocycles. The molecule has 1 amide bonds. The van der Waals surface area contributed by atoms with Gasteiger partial charge in [-0.2, -0.15) is 24.8 Å². The second-order valence-corrected chi connectivity index (χ2v) is 10.3. The number of fused-ring (bicyclic) bond motifs is 1. The molecule has 0 N–H and O–H groups in total. The van der Waals surface area contributed by atoms with Crippen LogP contribution >= 0.6 is 35.3 Å². The van der Waals surface area contributed by atoms with Gasteiger partial charge in [-0.3, -0.25) is 4.79 Å². The number of benzene rings is 1. The van der Waals surface area contributed by atoms with Crippen LogP contribution in [-0.4, -0.2) is 74.5 Å². The van der Waals surface area contributed by atoms with E-state index in [1.165, 1.54) is 16.1 Å². The quantitative estimate of drug-likeness (QED) is 0.746. The summed E-state index contributed by atoms with van der Waals surface area (Å²) < 4.78 is 36.0. The molecule has 0 saturated carbocycles. The normalized spacial score (nSPS) is 22.6. The molecule has 0 spiro atoms. The predicted molar refractivity (Wildman–Crippen MR) is 101 cm³/mol. The average molecular weight is 417 g/mol. The Bertz CT molecular complexity index is 894. The zero-order valence-electron chi connectivity index (χ0n) is 13.2. The molecule has 1 atom stereocenters. The number of rotatable bonds is 3. The lowest BCUT2D eigenvalue weighted by molar-refractivity contribution is -0.133. The average Bonchev–Trinajstić information content (AvgIpc) is 3.30. The van der Waals surface area contributed by atoms with Crippen molar-refractivity contribution in [2.75, 3.05) is 36.2 Å². The van der Waals surface area contributed by atoms with Crippen LogP contribution in [0.4, 0.5) is 0 Å². The molecule has 25 heavy (non-hydrogen) atoms. The van der Waals surface area contributed by atoms with Crippen LogP contribution in [0.15, 0.2) is 23.1 Å². The van der Waals surface area contributed by atoms with Crippen LogP contribution in [0.2, 0.25) is 0 Å². The zero-order valence-corrected chi connectivity index (χ0v) is 16.5. The molecule has 134 valence electrons. The fourth-order valence-corrected chi connectivity index (χ4v) is 7.76. The van der Waals surface area contributed by atoms with Crippen LogP contribution < -0.4 is 0 Å². The van der Waals surface area contributed by atoms with Crippen LogP contribution in [0.1, 0.15) is 0 Å². The summed E-state index contributed by atoms with van der Waals surface area (Å²) in [6, 6.07) is 4.31. The minimum Gasteiger partial charge on any atom is -0.340 e. The van der Waals surface area contributed by atoms with Gasteiger partial charge in [0.2, 0.25) is 15.9 Å². The standard InChI is InChI=1S/C14H16N4O3S4/c19-14(17-4-6-22-7-5-17)11-8-23-9-18(11)25(20,21)12-3-1-2-10-13(12)16-24-15-10/h1-3,11H,4-9H2. The highest BCUT2D eigenvalue weighted by Gasteiger charge is 2.42. The van der Waals surface area contributed by atoms with Crippen molar-refractivity contribution in [3.63, 3.8) is 0 Å². The lowest BCUT2D eigenvalue weighted by atomic mass is 10.3. The molecule has 7 nitrogen and oxygen atoms in total. The van der Waals surface area contributed by atoms with E-state index in [9.17, 15) is 13.2 Å². The highest BCUT2D eigenvalue weighted by Crippen LogP contribution is 2.32. The van der Waals surface area contributed by atoms with Gasteiger partial charge in [-0.05, 0) is 12.1 Å². The largest absolute Gasteiger partial charge is 0.340 e. The van der Waals surface area contributed by atoms with Crippen LogP contribution in [0, 0.1) is 0 Å². The van der Waals surface area contributed by atoms with Gasteiger partial charge >= 0.3 is 0 Å². The summed E-state index contributed by atoms with van der Waals surface area (Å²) in [6.07, 6.45) is 0. The van der Waals surface area contributed by atoms with E-state index in [0.29, 0.717) is 29.9 Å². The minimum atomic E-state index is -3.80. The first-order valence-corrected chi connectivity index (χ1v) is 12.2. The molecule has 2 aliphatic heterocycles. The number of hydrogen-bond acceptors (Lipinski definition) is 8. The monoisotopic (exact) mass is 416 g/mol. The van der Waals surface area contributed by atoms with Gasteiger partial charge in [0.15, 0.2) is 0 Å². The Morgan fingerprint density at radius 1 is 1.16 bits per heavy atom. The lowest BCUT2D eigenvalue weighted by Crippen LogP contribution is -2.51. The van der Waals surface area contributed by atoms with E-state index in [4.69, 9.17) is 0 Å². The fourth-order valence-electron chi connectivity index (χ4n) is 2.97. The molecule has 1 unspecified atom stereocenters. The molecule has 11 heteroatoms. The number of amides is 1. The number of carbonyl (C=O) groups excluding carboxylic acids is 1. The molecule has 0 bridgehead atoms. The summed E-state index contributed by atoms with van der Waals surface area (Å²) in [7, 11) is -3.80. The third kappa shape index (κ3) is 3.16. The van der Waals surface area contributed by atoms with Gasteiger partial charge in [-0.15, -0.1) is 11.8 Å². The van der Waals surface area contributed by atoms with Gasteiger partial charge in [0.05, 0.1) is 17.6 Å². The van der Waals surface area contributed by atoms with Gasteiger partial charge in [0, 0.05) is 30.3 Å². The van der Waals surface area contributed by atoms with E-state index in [2.05, 4.69) is 8.75 Å². The minimum absolute atomic E-state index is 0.0857. The number of nitrogens with zero attached hydrogens (tertiary/aromatic N) is 4. The number of carbonyl (C=O) groups is 1. The van der Waals surface area contributed by atoms with Crippen molar-refractivity contribution in [3.05, 3.63) is 18.2 Å². The first kappa shape index (κ1) is 17.5. The highest BCUT2D eigenvalue weighted by atomic mass is 32.2. The van der Waals surface area contributed by atoms with E-state index >= 15 is 0 Å². The molecule has 3 heterocycles. The van der Waals surface area contributed by atoms with Crippen molar-refractivity contribution in [2.24, 2.45) is 0 Å². The summed E-state index contributed by atoms with van der Waals surface area (Å²) >= 11 is 4.28. The van der Waals surface area contributed by atoms with Crippen molar-refractivity contribution in [3.8, 4) is 0 Å². The second kappa shape index (κ2) is 7.03. The third-order valence-corrected chi connectivity index (χ3v) is 8.83. The maximum absolute atomic E-state index is 13.2. The van der Waals surface area contributed by atoms with Crippen molar-refractivity contribution in [1.29, 1.82) is 0 Å². The van der Waals surface area contributed by atoms with Gasteiger partial charge in [-0.25, -0.2) is 8.42 Å². The maximum Gasteiger partial charge on any atom is 0.246 e. The van der Waals surface area contributed by atoms with Crippen LogP contribution in [0.3, 0.4) is 0 Å². The number of hydrogen-bond donors (Lipinski definition) is 0. The molecular weight excluding hydrogens is 400 g/mol. The molecule has 0 aliphatic carbocycles. The molecule has 2 fully saturated rings. The molecule has 2 saturated heterocycles. The summed E-state index contributed by atoms with van der Waals surface area (Å²) in [5.41, 5.74) is 0.943. The van der Waals surface area contributed by atoms with Gasteiger partial charge in [0.1, 0.15) is 22.0 Å². The Hall–Kier alpha value is -0.880. The van der Waals surface area contributed by atoms with Crippen molar-refractivity contribution in [2.45, 2.75) is 10.9 Å². The summed E-state index contributed by atoms with van der Waals surface area (Å²) in [5, 5.41) is 0. The third-order valence-electron chi connectivity index (χ3n) is 4.29. The van der Waals surface area contributed by atoms with Gasteiger partial charge in [0.25, 0.3) is 0 Å². The smallest absolute Gasteiger partial charge is 0.246 e. The van der Waals surface area contributed by atoms with E-state index in [1.807, 2.05) is 11.8 Å². The van der Waals surface area contributed by atoms with E-state index < -0.39 is 16.1 Å². The Morgan fingerprint density at radius 2 is 1.96 bits per heavy atom. The van der Waals surface area contributed by atoms with Gasteiger partial charge in [-0.1, -0.05) is 6.07 Å². The Labute approximate surface area is 158 Å². The molecule has 0 radical (unpaired) electrons. The van der Waals surface area contributed by atoms with Crippen molar-refractivity contribution >= 4 is 62.2 Å². The molecule has 4 rings (SSSR count). The van der Waals surface area contributed by atoms with E-state index in [-0.39, 0.29) is 16.7 Å². The summed E-state index contributed by atoms with van der Waals surface area (Å²) in [5.74, 6) is 2.50. The predicted octanol–water partition coefficient (Wildman–Crippen LogP) is 1.33. The maximum atomic E-state index is 13.2. The van der Waals surface area contributed by atoms with Gasteiger partial charge < -0.3 is 4.90 Å². The zero-order chi connectivity index (χ0) is 17.4. The topological polar surface area (TPSA) is 83.5 Å². The van der Waals surface area contributed by atoms with Crippen LogP contribution in [0.5, 0.6) is 0 Å². The Balaban J connectivity index is 1.67. The molecular formula is C14H16N4O3S4.